The van der Waals surface area contributed by atoms with Crippen LogP contribution in [0, 0.1) is 0 Å². The van der Waals surface area contributed by atoms with E-state index in [0.29, 0.717) is 13.0 Å². The molecule has 0 radical (unpaired) electrons. The number of allylic oxidation sites excluding steroid dienone is 1. The van der Waals surface area contributed by atoms with Crippen molar-refractivity contribution in [2.75, 3.05) is 6.61 Å². The molecule has 0 fully saturated rings. The molecule has 0 aromatic carbocycles. The summed E-state index contributed by atoms with van der Waals surface area (Å²) >= 11 is 0. The van der Waals surface area contributed by atoms with Crippen molar-refractivity contribution in [2.24, 2.45) is 0 Å². The molecule has 0 amide bonds. The van der Waals surface area contributed by atoms with Gasteiger partial charge in [-0.15, -0.1) is 0 Å². The van der Waals surface area contributed by atoms with Gasteiger partial charge in [-0.05, 0) is 26.7 Å². The average Bonchev–Trinajstić information content (AvgIpc) is 2.30. The van der Waals surface area contributed by atoms with Crippen molar-refractivity contribution in [2.45, 2.75) is 38.7 Å². The summed E-state index contributed by atoms with van der Waals surface area (Å²) in [6, 6.07) is 0. The predicted molar refractivity (Wildman–Crippen MR) is 49.2 cm³/mol. The van der Waals surface area contributed by atoms with Gasteiger partial charge >= 0.3 is 5.97 Å². The lowest BCUT2D eigenvalue weighted by Crippen LogP contribution is -2.27. The Kier molecular flexibility index (Phi) is 3.09. The van der Waals surface area contributed by atoms with E-state index in [9.17, 15) is 9.90 Å². The standard InChI is InChI=1S/C10H16O3/c1-3-13-9(11)7-10(12)5-4-8(2)6-10/h6,12H,3-5,7H2,1-2H3. The zero-order valence-corrected chi connectivity index (χ0v) is 8.17. The zero-order chi connectivity index (χ0) is 9.90. The topological polar surface area (TPSA) is 46.5 Å². The fraction of sp³-hybridized carbons (Fsp3) is 0.700. The normalized spacial score (nSPS) is 27.2. The Morgan fingerprint density at radius 1 is 1.77 bits per heavy atom. The first kappa shape index (κ1) is 10.3. The van der Waals surface area contributed by atoms with Gasteiger partial charge in [-0.25, -0.2) is 0 Å². The molecular weight excluding hydrogens is 168 g/mol. The molecule has 1 aliphatic rings. The number of aliphatic hydroxyl groups is 1. The van der Waals surface area contributed by atoms with Gasteiger partial charge in [0, 0.05) is 0 Å². The summed E-state index contributed by atoms with van der Waals surface area (Å²) in [6.07, 6.45) is 3.36. The Labute approximate surface area is 78.4 Å². The van der Waals surface area contributed by atoms with Crippen molar-refractivity contribution in [1.29, 1.82) is 0 Å². The number of hydrogen-bond donors (Lipinski definition) is 1. The minimum atomic E-state index is -0.948. The van der Waals surface area contributed by atoms with E-state index in [1.807, 2.05) is 6.92 Å². The molecule has 0 heterocycles. The van der Waals surface area contributed by atoms with Crippen molar-refractivity contribution in [1.82, 2.24) is 0 Å². The highest BCUT2D eigenvalue weighted by molar-refractivity contribution is 5.71. The van der Waals surface area contributed by atoms with E-state index < -0.39 is 5.60 Å². The van der Waals surface area contributed by atoms with Crippen LogP contribution in [0.25, 0.3) is 0 Å². The van der Waals surface area contributed by atoms with E-state index >= 15 is 0 Å². The number of carbonyl (C=O) groups excluding carboxylic acids is 1. The molecule has 0 bridgehead atoms. The maximum absolute atomic E-state index is 11.1. The second-order valence-electron chi connectivity index (χ2n) is 3.58. The Balaban J connectivity index is 2.48. The molecule has 13 heavy (non-hydrogen) atoms. The molecule has 1 N–H and O–H groups in total. The van der Waals surface area contributed by atoms with Crippen LogP contribution >= 0.6 is 0 Å². The third-order valence-corrected chi connectivity index (χ3v) is 2.22. The van der Waals surface area contributed by atoms with E-state index in [4.69, 9.17) is 4.74 Å². The fourth-order valence-corrected chi connectivity index (χ4v) is 1.62. The van der Waals surface area contributed by atoms with Crippen molar-refractivity contribution in [3.05, 3.63) is 11.6 Å². The van der Waals surface area contributed by atoms with Crippen LogP contribution in [0.3, 0.4) is 0 Å². The molecule has 0 saturated carbocycles. The van der Waals surface area contributed by atoms with E-state index in [1.54, 1.807) is 13.0 Å². The zero-order valence-electron chi connectivity index (χ0n) is 8.17. The van der Waals surface area contributed by atoms with Gasteiger partial charge in [0.25, 0.3) is 0 Å². The molecule has 0 spiro atoms. The van der Waals surface area contributed by atoms with E-state index in [0.717, 1.165) is 12.0 Å². The summed E-state index contributed by atoms with van der Waals surface area (Å²) in [5.74, 6) is -0.323. The molecule has 1 unspecified atom stereocenters. The maximum Gasteiger partial charge on any atom is 0.309 e. The lowest BCUT2D eigenvalue weighted by Gasteiger charge is -2.18. The highest BCUT2D eigenvalue weighted by Gasteiger charge is 2.32. The van der Waals surface area contributed by atoms with Gasteiger partial charge in [-0.3, -0.25) is 4.79 Å². The Morgan fingerprint density at radius 2 is 2.46 bits per heavy atom. The maximum atomic E-state index is 11.1. The number of ether oxygens (including phenoxy) is 1. The molecule has 0 aliphatic heterocycles. The van der Waals surface area contributed by atoms with Crippen LogP contribution in [0.15, 0.2) is 11.6 Å². The molecule has 3 heteroatoms. The van der Waals surface area contributed by atoms with Crippen LogP contribution in [0.1, 0.15) is 33.1 Å². The monoisotopic (exact) mass is 184 g/mol. The van der Waals surface area contributed by atoms with Gasteiger partial charge in [0.05, 0.1) is 18.6 Å². The molecule has 3 nitrogen and oxygen atoms in total. The summed E-state index contributed by atoms with van der Waals surface area (Å²) in [4.78, 5) is 11.1. The SMILES string of the molecule is CCOC(=O)CC1(O)C=C(C)CC1. The van der Waals surface area contributed by atoms with Crippen LogP contribution in [0.5, 0.6) is 0 Å². The first-order chi connectivity index (χ1) is 6.06. The average molecular weight is 184 g/mol. The van der Waals surface area contributed by atoms with Gasteiger partial charge in [0.1, 0.15) is 0 Å². The highest BCUT2D eigenvalue weighted by Crippen LogP contribution is 2.30. The second-order valence-corrected chi connectivity index (χ2v) is 3.58. The quantitative estimate of drug-likeness (QED) is 0.533. The van der Waals surface area contributed by atoms with Crippen LogP contribution in [-0.2, 0) is 9.53 Å². The molecule has 0 aromatic rings. The van der Waals surface area contributed by atoms with E-state index in [1.165, 1.54) is 0 Å². The van der Waals surface area contributed by atoms with Gasteiger partial charge in [0.15, 0.2) is 0 Å². The largest absolute Gasteiger partial charge is 0.466 e. The molecule has 0 aromatic heterocycles. The fourth-order valence-electron chi connectivity index (χ4n) is 1.62. The van der Waals surface area contributed by atoms with Gasteiger partial charge < -0.3 is 9.84 Å². The summed E-state index contributed by atoms with van der Waals surface area (Å²) in [6.45, 7) is 4.10. The van der Waals surface area contributed by atoms with E-state index in [2.05, 4.69) is 0 Å². The second kappa shape index (κ2) is 3.92. The summed E-state index contributed by atoms with van der Waals surface area (Å²) in [7, 11) is 0. The number of esters is 1. The first-order valence-corrected chi connectivity index (χ1v) is 4.62. The molecule has 1 rings (SSSR count). The number of hydrogen-bond acceptors (Lipinski definition) is 3. The lowest BCUT2D eigenvalue weighted by molar-refractivity contribution is -0.147. The molecular formula is C10H16O3. The van der Waals surface area contributed by atoms with Crippen LogP contribution in [-0.4, -0.2) is 23.3 Å². The van der Waals surface area contributed by atoms with Gasteiger partial charge in [-0.1, -0.05) is 11.6 Å². The van der Waals surface area contributed by atoms with Crippen molar-refractivity contribution in [3.8, 4) is 0 Å². The van der Waals surface area contributed by atoms with E-state index in [-0.39, 0.29) is 12.4 Å². The minimum Gasteiger partial charge on any atom is -0.466 e. The van der Waals surface area contributed by atoms with Crippen LogP contribution < -0.4 is 0 Å². The summed E-state index contributed by atoms with van der Waals surface area (Å²) in [5.41, 5.74) is 0.197. The van der Waals surface area contributed by atoms with Crippen LogP contribution in [0.4, 0.5) is 0 Å². The molecule has 0 saturated heterocycles. The van der Waals surface area contributed by atoms with Gasteiger partial charge in [-0.2, -0.15) is 0 Å². The first-order valence-electron chi connectivity index (χ1n) is 4.62. The summed E-state index contributed by atoms with van der Waals surface area (Å²) in [5, 5.41) is 9.88. The highest BCUT2D eigenvalue weighted by atomic mass is 16.5. The Hall–Kier alpha value is -0.830. The van der Waals surface area contributed by atoms with Crippen molar-refractivity contribution >= 4 is 5.97 Å². The van der Waals surface area contributed by atoms with Gasteiger partial charge in [0.2, 0.25) is 0 Å². The predicted octanol–water partition coefficient (Wildman–Crippen LogP) is 1.41. The lowest BCUT2D eigenvalue weighted by atomic mass is 10.00. The van der Waals surface area contributed by atoms with Crippen molar-refractivity contribution in [3.63, 3.8) is 0 Å². The smallest absolute Gasteiger partial charge is 0.309 e. The molecule has 74 valence electrons. The molecule has 1 atom stereocenters. The van der Waals surface area contributed by atoms with Crippen molar-refractivity contribution < 1.29 is 14.6 Å². The Bertz CT molecular complexity index is 232. The number of rotatable bonds is 3. The third-order valence-electron chi connectivity index (χ3n) is 2.22. The van der Waals surface area contributed by atoms with Crippen LogP contribution in [0.2, 0.25) is 0 Å². The third kappa shape index (κ3) is 2.84. The summed E-state index contributed by atoms with van der Waals surface area (Å²) < 4.78 is 4.78. The minimum absolute atomic E-state index is 0.0815. The Morgan fingerprint density at radius 3 is 2.92 bits per heavy atom. The number of carbonyl (C=O) groups is 1. The molecule has 1 aliphatic carbocycles.